The molecule has 0 aromatic heterocycles. The second-order valence-corrected chi connectivity index (χ2v) is 5.70. The Kier molecular flexibility index (Phi) is 4.80. The third-order valence-corrected chi connectivity index (χ3v) is 3.89. The number of likely N-dealkylation sites (N-methyl/N-ethyl adjacent to an activating group) is 1. The van der Waals surface area contributed by atoms with E-state index in [1.807, 2.05) is 24.3 Å². The quantitative estimate of drug-likeness (QED) is 0.886. The summed E-state index contributed by atoms with van der Waals surface area (Å²) < 4.78 is 16.9. The van der Waals surface area contributed by atoms with Gasteiger partial charge in [-0.15, -0.1) is 0 Å². The summed E-state index contributed by atoms with van der Waals surface area (Å²) in [5, 5.41) is 3.29. The highest BCUT2D eigenvalue weighted by molar-refractivity contribution is 5.76. The van der Waals surface area contributed by atoms with Gasteiger partial charge in [0.15, 0.2) is 17.6 Å². The van der Waals surface area contributed by atoms with Gasteiger partial charge in [-0.25, -0.2) is 0 Å². The average molecular weight is 306 g/mol. The minimum atomic E-state index is -0.139. The number of rotatable bonds is 4. The minimum absolute atomic E-state index is 0.0884. The van der Waals surface area contributed by atoms with Crippen LogP contribution in [0, 0.1) is 0 Å². The Hall–Kier alpha value is -1.79. The molecule has 6 heteroatoms. The van der Waals surface area contributed by atoms with Crippen molar-refractivity contribution in [2.75, 3.05) is 40.0 Å². The molecule has 1 aromatic rings. The number of hydrogen-bond donors (Lipinski definition) is 1. The lowest BCUT2D eigenvalue weighted by atomic mass is 10.1. The standard InChI is InChI=1S/C16H22N2O4/c1-18(16(19)8-12-10-20-7-6-17-12)9-13-11-21-14-4-2-3-5-15(14)22-13/h2-5,12-13,17H,6-11H2,1H3. The second-order valence-electron chi connectivity index (χ2n) is 5.70. The van der Waals surface area contributed by atoms with Gasteiger partial charge in [0.2, 0.25) is 5.91 Å². The molecule has 2 heterocycles. The zero-order valence-electron chi connectivity index (χ0n) is 12.8. The first-order valence-electron chi connectivity index (χ1n) is 7.66. The molecule has 1 aromatic carbocycles. The Morgan fingerprint density at radius 1 is 1.32 bits per heavy atom. The number of carbonyl (C=O) groups is 1. The van der Waals surface area contributed by atoms with Gasteiger partial charge in [-0.1, -0.05) is 12.1 Å². The summed E-state index contributed by atoms with van der Waals surface area (Å²) in [6.07, 6.45) is 0.306. The van der Waals surface area contributed by atoms with Gasteiger partial charge in [0.25, 0.3) is 0 Å². The molecule has 1 fully saturated rings. The SMILES string of the molecule is CN(CC1COc2ccccc2O1)C(=O)CC1COCCN1. The number of nitrogens with one attached hydrogen (secondary N) is 1. The maximum Gasteiger partial charge on any atom is 0.224 e. The van der Waals surface area contributed by atoms with Crippen LogP contribution in [0.25, 0.3) is 0 Å². The minimum Gasteiger partial charge on any atom is -0.486 e. The third kappa shape index (κ3) is 3.69. The van der Waals surface area contributed by atoms with Gasteiger partial charge in [-0.2, -0.15) is 0 Å². The lowest BCUT2D eigenvalue weighted by Crippen LogP contribution is -2.47. The van der Waals surface area contributed by atoms with Gasteiger partial charge in [0.05, 0.1) is 19.8 Å². The average Bonchev–Trinajstić information content (AvgIpc) is 2.55. The number of nitrogens with zero attached hydrogens (tertiary/aromatic N) is 1. The Labute approximate surface area is 130 Å². The number of fused-ring (bicyclic) bond motifs is 1. The van der Waals surface area contributed by atoms with E-state index < -0.39 is 0 Å². The zero-order chi connectivity index (χ0) is 15.4. The van der Waals surface area contributed by atoms with Crippen LogP contribution in [-0.4, -0.2) is 62.9 Å². The molecule has 0 aliphatic carbocycles. The predicted octanol–water partition coefficient (Wildman–Crippen LogP) is 0.663. The van der Waals surface area contributed by atoms with Gasteiger partial charge in [0.1, 0.15) is 6.61 Å². The molecule has 2 unspecified atom stereocenters. The molecule has 0 spiro atoms. The molecule has 0 bridgehead atoms. The monoisotopic (exact) mass is 306 g/mol. The summed E-state index contributed by atoms with van der Waals surface area (Å²) >= 11 is 0. The molecule has 22 heavy (non-hydrogen) atoms. The summed E-state index contributed by atoms with van der Waals surface area (Å²) in [6, 6.07) is 7.70. The lowest BCUT2D eigenvalue weighted by molar-refractivity contribution is -0.132. The van der Waals surface area contributed by atoms with Crippen LogP contribution in [0.2, 0.25) is 0 Å². The number of benzene rings is 1. The number of ether oxygens (including phenoxy) is 3. The molecule has 6 nitrogen and oxygen atoms in total. The van der Waals surface area contributed by atoms with E-state index in [2.05, 4.69) is 5.32 Å². The molecule has 2 aliphatic heterocycles. The van der Waals surface area contributed by atoms with Crippen molar-refractivity contribution >= 4 is 5.91 Å². The summed E-state index contributed by atoms with van der Waals surface area (Å²) in [5.41, 5.74) is 0. The smallest absolute Gasteiger partial charge is 0.224 e. The Morgan fingerprint density at radius 3 is 2.91 bits per heavy atom. The zero-order valence-corrected chi connectivity index (χ0v) is 12.8. The van der Waals surface area contributed by atoms with E-state index >= 15 is 0 Å². The highest BCUT2D eigenvalue weighted by Gasteiger charge is 2.25. The van der Waals surface area contributed by atoms with E-state index in [1.54, 1.807) is 11.9 Å². The Balaban J connectivity index is 1.49. The van der Waals surface area contributed by atoms with Crippen LogP contribution in [0.4, 0.5) is 0 Å². The first-order chi connectivity index (χ1) is 10.7. The van der Waals surface area contributed by atoms with Crippen LogP contribution in [0.15, 0.2) is 24.3 Å². The molecule has 1 N–H and O–H groups in total. The molecule has 2 aliphatic rings. The summed E-state index contributed by atoms with van der Waals surface area (Å²) in [5.74, 6) is 1.59. The van der Waals surface area contributed by atoms with Gasteiger partial charge in [-0.3, -0.25) is 4.79 Å². The fourth-order valence-electron chi connectivity index (χ4n) is 2.68. The summed E-state index contributed by atoms with van der Waals surface area (Å²) in [4.78, 5) is 14.0. The molecule has 1 saturated heterocycles. The first-order valence-corrected chi connectivity index (χ1v) is 7.66. The second kappa shape index (κ2) is 6.98. The third-order valence-electron chi connectivity index (χ3n) is 3.89. The Bertz CT molecular complexity index is 517. The van der Waals surface area contributed by atoms with Crippen LogP contribution in [0.1, 0.15) is 6.42 Å². The topological polar surface area (TPSA) is 60.0 Å². The van der Waals surface area contributed by atoms with E-state index in [1.165, 1.54) is 0 Å². The van der Waals surface area contributed by atoms with E-state index in [4.69, 9.17) is 14.2 Å². The molecule has 120 valence electrons. The molecule has 0 radical (unpaired) electrons. The van der Waals surface area contributed by atoms with Crippen molar-refractivity contribution in [2.24, 2.45) is 0 Å². The number of carbonyl (C=O) groups excluding carboxylic acids is 1. The van der Waals surface area contributed by atoms with Crippen molar-refractivity contribution in [3.63, 3.8) is 0 Å². The fourth-order valence-corrected chi connectivity index (χ4v) is 2.68. The maximum atomic E-state index is 12.3. The number of morpholine rings is 1. The van der Waals surface area contributed by atoms with Crippen molar-refractivity contribution in [1.29, 1.82) is 0 Å². The van der Waals surface area contributed by atoms with Crippen molar-refractivity contribution in [2.45, 2.75) is 18.6 Å². The summed E-state index contributed by atoms with van der Waals surface area (Å²) in [6.45, 7) is 3.08. The first kappa shape index (κ1) is 15.1. The molecule has 3 rings (SSSR count). The predicted molar refractivity (Wildman–Crippen MR) is 81.2 cm³/mol. The van der Waals surface area contributed by atoms with Crippen molar-refractivity contribution in [3.8, 4) is 11.5 Å². The Morgan fingerprint density at radius 2 is 2.14 bits per heavy atom. The fraction of sp³-hybridized carbons (Fsp3) is 0.562. The van der Waals surface area contributed by atoms with Crippen molar-refractivity contribution in [3.05, 3.63) is 24.3 Å². The highest BCUT2D eigenvalue weighted by atomic mass is 16.6. The normalized spacial score (nSPS) is 23.9. The summed E-state index contributed by atoms with van der Waals surface area (Å²) in [7, 11) is 1.80. The molecule has 1 amide bonds. The van der Waals surface area contributed by atoms with Crippen LogP contribution in [0.5, 0.6) is 11.5 Å². The number of hydrogen-bond acceptors (Lipinski definition) is 5. The van der Waals surface area contributed by atoms with E-state index in [-0.39, 0.29) is 18.1 Å². The van der Waals surface area contributed by atoms with Gasteiger partial charge in [-0.05, 0) is 12.1 Å². The van der Waals surface area contributed by atoms with E-state index in [9.17, 15) is 4.79 Å². The largest absolute Gasteiger partial charge is 0.486 e. The van der Waals surface area contributed by atoms with E-state index in [0.29, 0.717) is 32.8 Å². The maximum absolute atomic E-state index is 12.3. The van der Waals surface area contributed by atoms with Gasteiger partial charge < -0.3 is 24.4 Å². The van der Waals surface area contributed by atoms with E-state index in [0.717, 1.165) is 18.0 Å². The number of amides is 1. The number of para-hydroxylation sites is 2. The molecular weight excluding hydrogens is 284 g/mol. The van der Waals surface area contributed by atoms with Gasteiger partial charge >= 0.3 is 0 Å². The van der Waals surface area contributed by atoms with Gasteiger partial charge in [0, 0.05) is 26.1 Å². The van der Waals surface area contributed by atoms with Crippen molar-refractivity contribution < 1.29 is 19.0 Å². The molecule has 0 saturated carbocycles. The van der Waals surface area contributed by atoms with Crippen LogP contribution in [0.3, 0.4) is 0 Å². The highest BCUT2D eigenvalue weighted by Crippen LogP contribution is 2.30. The van der Waals surface area contributed by atoms with Crippen molar-refractivity contribution in [1.82, 2.24) is 10.2 Å². The van der Waals surface area contributed by atoms with Crippen LogP contribution >= 0.6 is 0 Å². The molecular formula is C16H22N2O4. The van der Waals surface area contributed by atoms with Crippen LogP contribution < -0.4 is 14.8 Å². The van der Waals surface area contributed by atoms with Crippen LogP contribution in [-0.2, 0) is 9.53 Å². The lowest BCUT2D eigenvalue weighted by Gasteiger charge is -2.30. The molecule has 2 atom stereocenters.